The minimum atomic E-state index is 0.308. The van der Waals surface area contributed by atoms with Crippen LogP contribution in [0.3, 0.4) is 0 Å². The molecule has 2 N–H and O–H groups in total. The van der Waals surface area contributed by atoms with Gasteiger partial charge in [-0.15, -0.1) is 0 Å². The molecule has 1 aromatic heterocycles. The van der Waals surface area contributed by atoms with E-state index in [1.165, 1.54) is 5.56 Å². The molecule has 0 spiro atoms. The van der Waals surface area contributed by atoms with E-state index in [0.717, 1.165) is 5.56 Å². The van der Waals surface area contributed by atoms with Crippen LogP contribution in [-0.2, 0) is 4.84 Å². The van der Waals surface area contributed by atoms with Crippen molar-refractivity contribution in [1.29, 1.82) is 0 Å². The van der Waals surface area contributed by atoms with Crippen molar-refractivity contribution in [3.63, 3.8) is 0 Å². The van der Waals surface area contributed by atoms with Crippen molar-refractivity contribution in [3.05, 3.63) is 29.6 Å². The van der Waals surface area contributed by atoms with Gasteiger partial charge in [-0.3, -0.25) is 4.98 Å². The minimum Gasteiger partial charge on any atom is -0.304 e. The summed E-state index contributed by atoms with van der Waals surface area (Å²) < 4.78 is 0. The lowest BCUT2D eigenvalue weighted by molar-refractivity contribution is 0.126. The van der Waals surface area contributed by atoms with Crippen molar-refractivity contribution in [3.8, 4) is 0 Å². The summed E-state index contributed by atoms with van der Waals surface area (Å²) in [6.07, 6.45) is 3.68. The topological polar surface area (TPSA) is 48.1 Å². The Bertz CT molecular complexity index is 250. The Kier molecular flexibility index (Phi) is 3.19. The van der Waals surface area contributed by atoms with Gasteiger partial charge in [0.05, 0.1) is 6.61 Å². The van der Waals surface area contributed by atoms with E-state index in [2.05, 4.69) is 22.8 Å². The fourth-order valence-electron chi connectivity index (χ4n) is 1.09. The molecule has 3 nitrogen and oxygen atoms in total. The maximum Gasteiger partial charge on any atom is 0.0745 e. The predicted molar refractivity (Wildman–Crippen MR) is 47.5 cm³/mol. The van der Waals surface area contributed by atoms with E-state index in [1.807, 2.05) is 19.3 Å². The van der Waals surface area contributed by atoms with Crippen molar-refractivity contribution < 1.29 is 4.84 Å². The van der Waals surface area contributed by atoms with Gasteiger partial charge in [0.1, 0.15) is 0 Å². The quantitative estimate of drug-likeness (QED) is 0.690. The average Bonchev–Trinajstić information content (AvgIpc) is 2.05. The zero-order chi connectivity index (χ0) is 8.97. The third kappa shape index (κ3) is 2.29. The highest BCUT2D eigenvalue weighted by molar-refractivity contribution is 5.19. The Labute approximate surface area is 72.5 Å². The molecule has 0 aromatic carbocycles. The van der Waals surface area contributed by atoms with Crippen LogP contribution in [0.2, 0.25) is 0 Å². The van der Waals surface area contributed by atoms with Gasteiger partial charge in [0.15, 0.2) is 0 Å². The second-order valence-electron chi connectivity index (χ2n) is 3.03. The zero-order valence-electron chi connectivity index (χ0n) is 7.45. The SMILES string of the molecule is Cc1cncc(C(C)CON)c1. The molecular weight excluding hydrogens is 152 g/mol. The van der Waals surface area contributed by atoms with Crippen molar-refractivity contribution >= 4 is 0 Å². The highest BCUT2D eigenvalue weighted by Crippen LogP contribution is 2.14. The van der Waals surface area contributed by atoms with E-state index < -0.39 is 0 Å². The zero-order valence-corrected chi connectivity index (χ0v) is 7.45. The van der Waals surface area contributed by atoms with E-state index in [0.29, 0.717) is 12.5 Å². The van der Waals surface area contributed by atoms with E-state index in [1.54, 1.807) is 0 Å². The number of rotatable bonds is 3. The molecule has 1 unspecified atom stereocenters. The molecule has 0 aliphatic rings. The summed E-state index contributed by atoms with van der Waals surface area (Å²) in [6, 6.07) is 2.09. The maximum absolute atomic E-state index is 4.98. The van der Waals surface area contributed by atoms with Crippen LogP contribution in [0.25, 0.3) is 0 Å². The molecule has 1 rings (SSSR count). The predicted octanol–water partition coefficient (Wildman–Crippen LogP) is 1.38. The monoisotopic (exact) mass is 166 g/mol. The largest absolute Gasteiger partial charge is 0.304 e. The normalized spacial score (nSPS) is 12.9. The third-order valence-corrected chi connectivity index (χ3v) is 1.81. The molecule has 1 heterocycles. The van der Waals surface area contributed by atoms with Gasteiger partial charge in [-0.1, -0.05) is 13.0 Å². The van der Waals surface area contributed by atoms with Gasteiger partial charge in [0.25, 0.3) is 0 Å². The first-order chi connectivity index (χ1) is 5.74. The Hall–Kier alpha value is -0.930. The van der Waals surface area contributed by atoms with Crippen LogP contribution in [0.5, 0.6) is 0 Å². The van der Waals surface area contributed by atoms with Gasteiger partial charge in [-0.05, 0) is 18.1 Å². The van der Waals surface area contributed by atoms with Gasteiger partial charge in [-0.25, -0.2) is 5.90 Å². The number of hydrogen-bond acceptors (Lipinski definition) is 3. The summed E-state index contributed by atoms with van der Waals surface area (Å²) >= 11 is 0. The fourth-order valence-corrected chi connectivity index (χ4v) is 1.09. The van der Waals surface area contributed by atoms with Crippen molar-refractivity contribution in [2.24, 2.45) is 5.90 Å². The van der Waals surface area contributed by atoms with Gasteiger partial charge in [-0.2, -0.15) is 0 Å². The fraction of sp³-hybridized carbons (Fsp3) is 0.444. The molecule has 0 amide bonds. The number of nitrogens with zero attached hydrogens (tertiary/aromatic N) is 1. The van der Waals surface area contributed by atoms with Gasteiger partial charge < -0.3 is 4.84 Å². The van der Waals surface area contributed by atoms with Crippen LogP contribution in [0, 0.1) is 6.92 Å². The molecular formula is C9H14N2O. The van der Waals surface area contributed by atoms with Crippen molar-refractivity contribution in [2.75, 3.05) is 6.61 Å². The third-order valence-electron chi connectivity index (χ3n) is 1.81. The molecule has 1 aromatic rings. The van der Waals surface area contributed by atoms with E-state index in [4.69, 9.17) is 5.90 Å². The highest BCUT2D eigenvalue weighted by atomic mass is 16.6. The number of pyridine rings is 1. The Balaban J connectivity index is 2.73. The van der Waals surface area contributed by atoms with Crippen LogP contribution >= 0.6 is 0 Å². The molecule has 3 heteroatoms. The first kappa shape index (κ1) is 9.16. The van der Waals surface area contributed by atoms with Gasteiger partial charge in [0, 0.05) is 18.3 Å². The molecule has 66 valence electrons. The molecule has 0 aliphatic carbocycles. The van der Waals surface area contributed by atoms with Crippen molar-refractivity contribution in [2.45, 2.75) is 19.8 Å². The first-order valence-corrected chi connectivity index (χ1v) is 3.97. The second kappa shape index (κ2) is 4.18. The lowest BCUT2D eigenvalue weighted by atomic mass is 10.0. The first-order valence-electron chi connectivity index (χ1n) is 3.97. The smallest absolute Gasteiger partial charge is 0.0745 e. The maximum atomic E-state index is 4.98. The number of hydrogen-bond donors (Lipinski definition) is 1. The average molecular weight is 166 g/mol. The lowest BCUT2D eigenvalue weighted by Crippen LogP contribution is -2.08. The molecule has 12 heavy (non-hydrogen) atoms. The van der Waals surface area contributed by atoms with Crippen LogP contribution in [0.1, 0.15) is 24.0 Å². The Morgan fingerprint density at radius 3 is 2.92 bits per heavy atom. The summed E-state index contributed by atoms with van der Waals surface area (Å²) in [5.41, 5.74) is 2.33. The molecule has 0 radical (unpaired) electrons. The molecule has 0 saturated heterocycles. The van der Waals surface area contributed by atoms with Crippen molar-refractivity contribution in [1.82, 2.24) is 4.98 Å². The molecule has 1 atom stereocenters. The van der Waals surface area contributed by atoms with E-state index in [-0.39, 0.29) is 0 Å². The second-order valence-corrected chi connectivity index (χ2v) is 3.03. The summed E-state index contributed by atoms with van der Waals surface area (Å²) in [5.74, 6) is 5.29. The van der Waals surface area contributed by atoms with Gasteiger partial charge in [0.2, 0.25) is 0 Å². The summed E-state index contributed by atoms with van der Waals surface area (Å²) in [7, 11) is 0. The van der Waals surface area contributed by atoms with Crippen LogP contribution in [0.15, 0.2) is 18.5 Å². The number of aromatic nitrogens is 1. The standard InChI is InChI=1S/C9H14N2O/c1-7-3-9(5-11-4-7)8(2)6-12-10/h3-5,8H,6,10H2,1-2H3. The van der Waals surface area contributed by atoms with E-state index >= 15 is 0 Å². The minimum absolute atomic E-state index is 0.308. The highest BCUT2D eigenvalue weighted by Gasteiger charge is 2.04. The Morgan fingerprint density at radius 1 is 1.58 bits per heavy atom. The molecule has 0 saturated carbocycles. The summed E-state index contributed by atoms with van der Waals surface area (Å²) in [5, 5.41) is 0. The van der Waals surface area contributed by atoms with Crippen LogP contribution in [-0.4, -0.2) is 11.6 Å². The summed E-state index contributed by atoms with van der Waals surface area (Å²) in [6.45, 7) is 4.61. The lowest BCUT2D eigenvalue weighted by Gasteiger charge is -2.09. The molecule has 0 fully saturated rings. The number of nitrogens with two attached hydrogens (primary N) is 1. The molecule has 0 aliphatic heterocycles. The molecule has 0 bridgehead atoms. The Morgan fingerprint density at radius 2 is 2.33 bits per heavy atom. The number of aryl methyl sites for hydroxylation is 1. The van der Waals surface area contributed by atoms with Gasteiger partial charge >= 0.3 is 0 Å². The van der Waals surface area contributed by atoms with E-state index in [9.17, 15) is 0 Å². The summed E-state index contributed by atoms with van der Waals surface area (Å²) in [4.78, 5) is 8.66. The van der Waals surface area contributed by atoms with Crippen LogP contribution < -0.4 is 5.90 Å². The van der Waals surface area contributed by atoms with Crippen LogP contribution in [0.4, 0.5) is 0 Å².